The van der Waals surface area contributed by atoms with Crippen LogP contribution in [0.15, 0.2) is 48.5 Å². The zero-order valence-corrected chi connectivity index (χ0v) is 15.9. The molecule has 27 heavy (non-hydrogen) atoms. The average molecular weight is 385 g/mol. The zero-order valence-electron chi connectivity index (χ0n) is 15.1. The van der Waals surface area contributed by atoms with Crippen molar-refractivity contribution in [3.8, 4) is 6.07 Å². The SMILES string of the molecule is Cc1ccccc1C(=O)OCC(C#N)N1CCOC(c2ccccc2Cl)C1. The first-order valence-electron chi connectivity index (χ1n) is 8.82. The molecule has 0 radical (unpaired) electrons. The molecule has 0 N–H and O–H groups in total. The number of carbonyl (C=O) groups is 1. The molecule has 1 aliphatic heterocycles. The summed E-state index contributed by atoms with van der Waals surface area (Å²) >= 11 is 6.27. The molecular weight excluding hydrogens is 364 g/mol. The van der Waals surface area contributed by atoms with Crippen molar-refractivity contribution in [2.45, 2.75) is 19.1 Å². The van der Waals surface area contributed by atoms with Crippen LogP contribution in [-0.4, -0.2) is 43.2 Å². The van der Waals surface area contributed by atoms with E-state index < -0.39 is 12.0 Å². The van der Waals surface area contributed by atoms with Gasteiger partial charge < -0.3 is 9.47 Å². The molecule has 3 rings (SSSR count). The van der Waals surface area contributed by atoms with Gasteiger partial charge >= 0.3 is 5.97 Å². The Labute approximate surface area is 164 Å². The van der Waals surface area contributed by atoms with Gasteiger partial charge in [-0.2, -0.15) is 5.26 Å². The van der Waals surface area contributed by atoms with Crippen LogP contribution in [0.2, 0.25) is 5.02 Å². The molecule has 6 heteroatoms. The highest BCUT2D eigenvalue weighted by Crippen LogP contribution is 2.29. The maximum absolute atomic E-state index is 12.3. The molecule has 0 bridgehead atoms. The molecule has 140 valence electrons. The van der Waals surface area contributed by atoms with Gasteiger partial charge in [-0.15, -0.1) is 0 Å². The van der Waals surface area contributed by atoms with Gasteiger partial charge in [-0.3, -0.25) is 4.90 Å². The summed E-state index contributed by atoms with van der Waals surface area (Å²) in [6.07, 6.45) is -0.213. The minimum atomic E-state index is -0.535. The summed E-state index contributed by atoms with van der Waals surface area (Å²) in [5.74, 6) is -0.413. The van der Waals surface area contributed by atoms with Crippen molar-refractivity contribution in [2.75, 3.05) is 26.3 Å². The lowest BCUT2D eigenvalue weighted by atomic mass is 10.1. The summed E-state index contributed by atoms with van der Waals surface area (Å²) in [7, 11) is 0. The van der Waals surface area contributed by atoms with Gasteiger partial charge in [0.2, 0.25) is 0 Å². The van der Waals surface area contributed by atoms with E-state index in [1.807, 2.05) is 48.2 Å². The fourth-order valence-electron chi connectivity index (χ4n) is 3.14. The number of halogens is 1. The number of nitriles is 1. The van der Waals surface area contributed by atoms with Crippen molar-refractivity contribution in [1.82, 2.24) is 4.90 Å². The van der Waals surface area contributed by atoms with Crippen molar-refractivity contribution >= 4 is 17.6 Å². The lowest BCUT2D eigenvalue weighted by Gasteiger charge is -2.35. The maximum Gasteiger partial charge on any atom is 0.338 e. The van der Waals surface area contributed by atoms with E-state index in [9.17, 15) is 10.1 Å². The average Bonchev–Trinajstić information content (AvgIpc) is 2.69. The number of benzene rings is 2. The van der Waals surface area contributed by atoms with Crippen molar-refractivity contribution in [3.63, 3.8) is 0 Å². The number of esters is 1. The van der Waals surface area contributed by atoms with Gasteiger partial charge in [0.15, 0.2) is 0 Å². The molecule has 2 unspecified atom stereocenters. The first-order valence-corrected chi connectivity index (χ1v) is 9.20. The van der Waals surface area contributed by atoms with Gasteiger partial charge in [0, 0.05) is 23.7 Å². The molecular formula is C21H21ClN2O3. The molecule has 1 aliphatic rings. The van der Waals surface area contributed by atoms with Crippen LogP contribution >= 0.6 is 11.6 Å². The smallest absolute Gasteiger partial charge is 0.338 e. The Balaban J connectivity index is 1.63. The lowest BCUT2D eigenvalue weighted by Crippen LogP contribution is -2.46. The molecule has 0 aliphatic carbocycles. The highest BCUT2D eigenvalue weighted by molar-refractivity contribution is 6.31. The number of hydrogen-bond acceptors (Lipinski definition) is 5. The van der Waals surface area contributed by atoms with Crippen LogP contribution in [0.25, 0.3) is 0 Å². The Morgan fingerprint density at radius 3 is 2.81 bits per heavy atom. The molecule has 0 spiro atoms. The van der Waals surface area contributed by atoms with Crippen molar-refractivity contribution in [3.05, 3.63) is 70.2 Å². The second-order valence-electron chi connectivity index (χ2n) is 6.43. The fraction of sp³-hybridized carbons (Fsp3) is 0.333. The molecule has 1 heterocycles. The van der Waals surface area contributed by atoms with E-state index in [0.717, 1.165) is 11.1 Å². The Morgan fingerprint density at radius 1 is 1.33 bits per heavy atom. The first kappa shape index (κ1) is 19.4. The van der Waals surface area contributed by atoms with E-state index >= 15 is 0 Å². The summed E-state index contributed by atoms with van der Waals surface area (Å²) in [6.45, 7) is 3.47. The predicted octanol–water partition coefficient (Wildman–Crippen LogP) is 3.77. The minimum absolute atomic E-state index is 0.0128. The van der Waals surface area contributed by atoms with Gasteiger partial charge in [-0.05, 0) is 24.6 Å². The number of hydrogen-bond donors (Lipinski definition) is 0. The maximum atomic E-state index is 12.3. The summed E-state index contributed by atoms with van der Waals surface area (Å²) in [4.78, 5) is 14.3. The predicted molar refractivity (Wildman–Crippen MR) is 103 cm³/mol. The third-order valence-corrected chi connectivity index (χ3v) is 5.02. The fourth-order valence-corrected chi connectivity index (χ4v) is 3.39. The van der Waals surface area contributed by atoms with Crippen molar-refractivity contribution in [2.24, 2.45) is 0 Å². The Morgan fingerprint density at radius 2 is 2.07 bits per heavy atom. The third-order valence-electron chi connectivity index (χ3n) is 4.68. The van der Waals surface area contributed by atoms with Crippen LogP contribution in [0.1, 0.15) is 27.6 Å². The first-order chi connectivity index (χ1) is 13.1. The second-order valence-corrected chi connectivity index (χ2v) is 6.84. The van der Waals surface area contributed by atoms with E-state index in [1.54, 1.807) is 12.1 Å². The van der Waals surface area contributed by atoms with Gasteiger partial charge in [0.25, 0.3) is 0 Å². The quantitative estimate of drug-likeness (QED) is 0.734. The van der Waals surface area contributed by atoms with Gasteiger partial charge in [-0.25, -0.2) is 4.79 Å². The van der Waals surface area contributed by atoms with Crippen LogP contribution in [0, 0.1) is 18.3 Å². The lowest BCUT2D eigenvalue weighted by molar-refractivity contribution is -0.0457. The normalized spacial score (nSPS) is 18.5. The molecule has 0 saturated carbocycles. The molecule has 1 saturated heterocycles. The van der Waals surface area contributed by atoms with E-state index in [1.165, 1.54) is 0 Å². The molecule has 1 fully saturated rings. The van der Waals surface area contributed by atoms with E-state index in [0.29, 0.717) is 30.3 Å². The number of morpholine rings is 1. The summed E-state index contributed by atoms with van der Waals surface area (Å²) in [5.41, 5.74) is 2.27. The Bertz CT molecular complexity index is 849. The zero-order chi connectivity index (χ0) is 19.2. The number of aryl methyl sites for hydroxylation is 1. The van der Waals surface area contributed by atoms with Crippen LogP contribution in [0.4, 0.5) is 0 Å². The van der Waals surface area contributed by atoms with Crippen molar-refractivity contribution < 1.29 is 14.3 Å². The summed E-state index contributed by atoms with van der Waals surface area (Å²) in [6, 6.07) is 16.5. The Kier molecular flexibility index (Phi) is 6.46. The van der Waals surface area contributed by atoms with Crippen LogP contribution < -0.4 is 0 Å². The molecule has 2 aromatic carbocycles. The molecule has 2 aromatic rings. The number of rotatable bonds is 5. The standard InChI is InChI=1S/C21H21ClN2O3/c1-15-6-2-3-7-17(15)21(25)27-14-16(12-23)24-10-11-26-20(13-24)18-8-4-5-9-19(18)22/h2-9,16,20H,10-11,13-14H2,1H3. The van der Waals surface area contributed by atoms with Crippen molar-refractivity contribution in [1.29, 1.82) is 5.26 Å². The van der Waals surface area contributed by atoms with Crippen LogP contribution in [0.3, 0.4) is 0 Å². The molecule has 0 amide bonds. The Hall–Kier alpha value is -2.39. The molecule has 2 atom stereocenters. The van der Waals surface area contributed by atoms with E-state index in [-0.39, 0.29) is 12.7 Å². The monoisotopic (exact) mass is 384 g/mol. The number of ether oxygens (including phenoxy) is 2. The van der Waals surface area contributed by atoms with Crippen LogP contribution in [0.5, 0.6) is 0 Å². The van der Waals surface area contributed by atoms with Crippen LogP contribution in [-0.2, 0) is 9.47 Å². The largest absolute Gasteiger partial charge is 0.459 e. The third kappa shape index (κ3) is 4.67. The number of nitrogens with zero attached hydrogens (tertiary/aromatic N) is 2. The highest BCUT2D eigenvalue weighted by Gasteiger charge is 2.29. The summed E-state index contributed by atoms with van der Waals surface area (Å²) in [5, 5.41) is 10.2. The highest BCUT2D eigenvalue weighted by atomic mass is 35.5. The van der Waals surface area contributed by atoms with Gasteiger partial charge in [0.05, 0.1) is 24.3 Å². The topological polar surface area (TPSA) is 62.6 Å². The minimum Gasteiger partial charge on any atom is -0.459 e. The van der Waals surface area contributed by atoms with E-state index in [4.69, 9.17) is 21.1 Å². The van der Waals surface area contributed by atoms with E-state index in [2.05, 4.69) is 6.07 Å². The molecule has 5 nitrogen and oxygen atoms in total. The molecule has 0 aromatic heterocycles. The van der Waals surface area contributed by atoms with Gasteiger partial charge in [-0.1, -0.05) is 48.0 Å². The number of carbonyl (C=O) groups excluding carboxylic acids is 1. The second kappa shape index (κ2) is 9.01. The summed E-state index contributed by atoms with van der Waals surface area (Å²) < 4.78 is 11.2. The van der Waals surface area contributed by atoms with Gasteiger partial charge in [0.1, 0.15) is 12.6 Å².